The highest BCUT2D eigenvalue weighted by molar-refractivity contribution is 5.95. The Hall–Kier alpha value is -2.67. The van der Waals surface area contributed by atoms with Gasteiger partial charge in [-0.05, 0) is 18.6 Å². The van der Waals surface area contributed by atoms with E-state index in [1.165, 1.54) is 6.33 Å². The summed E-state index contributed by atoms with van der Waals surface area (Å²) < 4.78 is 11.4. The minimum absolute atomic E-state index is 0.0505. The van der Waals surface area contributed by atoms with Crippen LogP contribution in [0.4, 0.5) is 5.82 Å². The minimum atomic E-state index is -0.0505. The Morgan fingerprint density at radius 1 is 1.19 bits per heavy atom. The first-order valence-corrected chi connectivity index (χ1v) is 9.37. The van der Waals surface area contributed by atoms with Gasteiger partial charge in [-0.15, -0.1) is 0 Å². The molecular formula is C20H24N4O3. The zero-order valence-corrected chi connectivity index (χ0v) is 15.5. The highest BCUT2D eigenvalue weighted by Gasteiger charge is 2.29. The molecule has 2 saturated heterocycles. The summed E-state index contributed by atoms with van der Waals surface area (Å²) in [7, 11) is 0. The van der Waals surface area contributed by atoms with Crippen molar-refractivity contribution >= 4 is 11.7 Å². The van der Waals surface area contributed by atoms with Gasteiger partial charge in [-0.1, -0.05) is 18.2 Å². The van der Waals surface area contributed by atoms with E-state index in [-0.39, 0.29) is 12.0 Å². The van der Waals surface area contributed by atoms with Crippen molar-refractivity contribution in [2.75, 3.05) is 44.3 Å². The van der Waals surface area contributed by atoms with Gasteiger partial charge in [0, 0.05) is 37.7 Å². The lowest BCUT2D eigenvalue weighted by atomic mass is 10.1. The fourth-order valence-electron chi connectivity index (χ4n) is 3.52. The summed E-state index contributed by atoms with van der Waals surface area (Å²) in [5, 5.41) is 0. The molecule has 1 amide bonds. The summed E-state index contributed by atoms with van der Waals surface area (Å²) in [6.07, 6.45) is 2.28. The molecule has 0 N–H and O–H groups in total. The van der Waals surface area contributed by atoms with Gasteiger partial charge in [0.2, 0.25) is 5.88 Å². The van der Waals surface area contributed by atoms with Gasteiger partial charge in [0.25, 0.3) is 5.91 Å². The van der Waals surface area contributed by atoms with E-state index in [2.05, 4.69) is 14.9 Å². The lowest BCUT2D eigenvalue weighted by molar-refractivity contribution is 0.0770. The second-order valence-electron chi connectivity index (χ2n) is 6.91. The van der Waals surface area contributed by atoms with E-state index < -0.39 is 0 Å². The number of aryl methyl sites for hydroxylation is 1. The third-order valence-corrected chi connectivity index (χ3v) is 5.06. The van der Waals surface area contributed by atoms with Crippen LogP contribution in [0.15, 0.2) is 36.7 Å². The minimum Gasteiger partial charge on any atom is -0.472 e. The van der Waals surface area contributed by atoms with Crippen molar-refractivity contribution in [3.8, 4) is 5.88 Å². The van der Waals surface area contributed by atoms with E-state index in [9.17, 15) is 4.79 Å². The van der Waals surface area contributed by atoms with Gasteiger partial charge in [0.05, 0.1) is 19.8 Å². The number of ether oxygens (including phenoxy) is 2. The number of aromatic nitrogens is 2. The average molecular weight is 368 g/mol. The molecule has 1 aromatic heterocycles. The molecule has 0 radical (unpaired) electrons. The maximum absolute atomic E-state index is 12.8. The fourth-order valence-corrected chi connectivity index (χ4v) is 3.52. The second-order valence-corrected chi connectivity index (χ2v) is 6.91. The van der Waals surface area contributed by atoms with E-state index in [0.29, 0.717) is 32.2 Å². The molecule has 27 heavy (non-hydrogen) atoms. The topological polar surface area (TPSA) is 67.8 Å². The van der Waals surface area contributed by atoms with Gasteiger partial charge in [-0.3, -0.25) is 4.79 Å². The van der Waals surface area contributed by atoms with Crippen LogP contribution >= 0.6 is 0 Å². The zero-order chi connectivity index (χ0) is 18.6. The third kappa shape index (κ3) is 4.03. The van der Waals surface area contributed by atoms with Crippen LogP contribution in [-0.4, -0.2) is 66.3 Å². The van der Waals surface area contributed by atoms with Gasteiger partial charge in [0.15, 0.2) is 0 Å². The van der Waals surface area contributed by atoms with Gasteiger partial charge >= 0.3 is 0 Å². The lowest BCUT2D eigenvalue weighted by Crippen LogP contribution is -2.36. The van der Waals surface area contributed by atoms with Crippen LogP contribution in [-0.2, 0) is 4.74 Å². The maximum atomic E-state index is 12.8. The van der Waals surface area contributed by atoms with Crippen molar-refractivity contribution in [3.63, 3.8) is 0 Å². The third-order valence-electron chi connectivity index (χ3n) is 5.06. The number of carbonyl (C=O) groups is 1. The summed E-state index contributed by atoms with van der Waals surface area (Å²) in [4.78, 5) is 25.4. The SMILES string of the molecule is Cc1ccccc1C(=O)N1CCC(Oc2cc(N3CCOCC3)ncn2)C1. The number of likely N-dealkylation sites (tertiary alicyclic amines) is 1. The molecule has 0 bridgehead atoms. The predicted molar refractivity (Wildman–Crippen MR) is 101 cm³/mol. The number of hydrogen-bond donors (Lipinski definition) is 0. The number of benzene rings is 1. The molecule has 4 rings (SSSR count). The van der Waals surface area contributed by atoms with Gasteiger partial charge in [-0.2, -0.15) is 0 Å². The van der Waals surface area contributed by atoms with Crippen molar-refractivity contribution in [2.45, 2.75) is 19.4 Å². The van der Waals surface area contributed by atoms with Crippen LogP contribution in [0.3, 0.4) is 0 Å². The molecule has 1 unspecified atom stereocenters. The zero-order valence-electron chi connectivity index (χ0n) is 15.5. The van der Waals surface area contributed by atoms with Crippen LogP contribution in [0, 0.1) is 6.92 Å². The van der Waals surface area contributed by atoms with Crippen molar-refractivity contribution in [1.29, 1.82) is 0 Å². The smallest absolute Gasteiger partial charge is 0.254 e. The standard InChI is InChI=1S/C20H24N4O3/c1-15-4-2-3-5-17(15)20(25)24-7-6-16(13-24)27-19-12-18(21-14-22-19)23-8-10-26-11-9-23/h2-5,12,14,16H,6-11,13H2,1H3. The van der Waals surface area contributed by atoms with E-state index in [1.54, 1.807) is 0 Å². The normalized spacial score (nSPS) is 20.0. The molecule has 2 fully saturated rings. The molecule has 1 aromatic carbocycles. The number of morpholine rings is 1. The van der Waals surface area contributed by atoms with Crippen LogP contribution in [0.1, 0.15) is 22.3 Å². The van der Waals surface area contributed by atoms with Crippen molar-refractivity contribution in [1.82, 2.24) is 14.9 Å². The van der Waals surface area contributed by atoms with Gasteiger partial charge in [0.1, 0.15) is 18.2 Å². The Bertz CT molecular complexity index is 807. The average Bonchev–Trinajstić information content (AvgIpc) is 3.17. The summed E-state index contributed by atoms with van der Waals surface area (Å²) >= 11 is 0. The van der Waals surface area contributed by atoms with Crippen LogP contribution < -0.4 is 9.64 Å². The van der Waals surface area contributed by atoms with Crippen molar-refractivity contribution < 1.29 is 14.3 Å². The Kier molecular flexibility index (Phi) is 5.20. The molecule has 1 atom stereocenters. The second kappa shape index (κ2) is 7.92. The lowest BCUT2D eigenvalue weighted by Gasteiger charge is -2.27. The van der Waals surface area contributed by atoms with E-state index >= 15 is 0 Å². The summed E-state index contributed by atoms with van der Waals surface area (Å²) in [6, 6.07) is 9.56. The maximum Gasteiger partial charge on any atom is 0.254 e. The van der Waals surface area contributed by atoms with E-state index in [0.717, 1.165) is 36.5 Å². The number of carbonyl (C=O) groups excluding carboxylic acids is 1. The molecule has 0 spiro atoms. The predicted octanol–water partition coefficient (Wildman–Crippen LogP) is 1.92. The highest BCUT2D eigenvalue weighted by Crippen LogP contribution is 2.22. The van der Waals surface area contributed by atoms with Crippen molar-refractivity contribution in [2.24, 2.45) is 0 Å². The number of anilines is 1. The molecule has 142 valence electrons. The molecule has 2 aromatic rings. The number of nitrogens with zero attached hydrogens (tertiary/aromatic N) is 4. The molecule has 2 aliphatic rings. The van der Waals surface area contributed by atoms with Gasteiger partial charge < -0.3 is 19.3 Å². The molecule has 0 aliphatic carbocycles. The Labute approximate surface area is 158 Å². The summed E-state index contributed by atoms with van der Waals surface area (Å²) in [5.41, 5.74) is 1.76. The molecular weight excluding hydrogens is 344 g/mol. The number of amides is 1. The van der Waals surface area contributed by atoms with Crippen LogP contribution in [0.5, 0.6) is 5.88 Å². The monoisotopic (exact) mass is 368 g/mol. The quantitative estimate of drug-likeness (QED) is 0.821. The van der Waals surface area contributed by atoms with Crippen LogP contribution in [0.25, 0.3) is 0 Å². The Morgan fingerprint density at radius 3 is 2.81 bits per heavy atom. The number of hydrogen-bond acceptors (Lipinski definition) is 6. The van der Waals surface area contributed by atoms with Gasteiger partial charge in [-0.25, -0.2) is 9.97 Å². The summed E-state index contributed by atoms with van der Waals surface area (Å²) in [5.74, 6) is 1.48. The number of rotatable bonds is 4. The molecule has 7 nitrogen and oxygen atoms in total. The molecule has 0 saturated carbocycles. The summed E-state index contributed by atoms with van der Waals surface area (Å²) in [6.45, 7) is 6.28. The van der Waals surface area contributed by atoms with E-state index in [4.69, 9.17) is 9.47 Å². The first-order chi connectivity index (χ1) is 13.2. The molecule has 3 heterocycles. The molecule has 7 heteroatoms. The van der Waals surface area contributed by atoms with Crippen molar-refractivity contribution in [3.05, 3.63) is 47.8 Å². The first kappa shape index (κ1) is 17.7. The Balaban J connectivity index is 1.38. The first-order valence-electron chi connectivity index (χ1n) is 9.37. The van der Waals surface area contributed by atoms with E-state index in [1.807, 2.05) is 42.2 Å². The largest absolute Gasteiger partial charge is 0.472 e. The highest BCUT2D eigenvalue weighted by atomic mass is 16.5. The molecule has 2 aliphatic heterocycles. The Morgan fingerprint density at radius 2 is 2.00 bits per heavy atom. The fraction of sp³-hybridized carbons (Fsp3) is 0.450. The van der Waals surface area contributed by atoms with Crippen LogP contribution in [0.2, 0.25) is 0 Å².